The van der Waals surface area contributed by atoms with Gasteiger partial charge in [0.05, 0.1) is 18.2 Å². The smallest absolute Gasteiger partial charge is 0.310 e. The SMILES string of the molecule is CCOC(=O)C(C)C(C)Nc1c(C)cc(F)cc1F. The molecule has 106 valence electrons. The van der Waals surface area contributed by atoms with E-state index in [-0.39, 0.29) is 17.7 Å². The van der Waals surface area contributed by atoms with Crippen molar-refractivity contribution < 1.29 is 18.3 Å². The molecule has 0 aliphatic carbocycles. The van der Waals surface area contributed by atoms with Crippen LogP contribution in [0.3, 0.4) is 0 Å². The van der Waals surface area contributed by atoms with Gasteiger partial charge in [-0.15, -0.1) is 0 Å². The zero-order valence-electron chi connectivity index (χ0n) is 11.6. The van der Waals surface area contributed by atoms with Gasteiger partial charge in [-0.2, -0.15) is 0 Å². The van der Waals surface area contributed by atoms with Crippen molar-refractivity contribution in [3.8, 4) is 0 Å². The topological polar surface area (TPSA) is 38.3 Å². The van der Waals surface area contributed by atoms with Gasteiger partial charge in [0.25, 0.3) is 0 Å². The monoisotopic (exact) mass is 271 g/mol. The standard InChI is InChI=1S/C14H19F2NO2/c1-5-19-14(18)9(3)10(4)17-13-8(2)6-11(15)7-12(13)16/h6-7,9-10,17H,5H2,1-4H3. The molecule has 2 unspecified atom stereocenters. The van der Waals surface area contributed by atoms with Gasteiger partial charge in [-0.05, 0) is 39.3 Å². The summed E-state index contributed by atoms with van der Waals surface area (Å²) in [6.07, 6.45) is 0. The third-order valence-electron chi connectivity index (χ3n) is 3.03. The Balaban J connectivity index is 2.82. The summed E-state index contributed by atoms with van der Waals surface area (Å²) < 4.78 is 31.6. The molecule has 1 rings (SSSR count). The summed E-state index contributed by atoms with van der Waals surface area (Å²) in [4.78, 5) is 11.6. The summed E-state index contributed by atoms with van der Waals surface area (Å²) in [5.41, 5.74) is 0.672. The number of halogens is 2. The van der Waals surface area contributed by atoms with E-state index in [0.29, 0.717) is 12.2 Å². The lowest BCUT2D eigenvalue weighted by Gasteiger charge is -2.22. The molecule has 0 amide bonds. The number of nitrogens with one attached hydrogen (secondary N) is 1. The molecule has 1 aromatic carbocycles. The fourth-order valence-corrected chi connectivity index (χ4v) is 1.72. The van der Waals surface area contributed by atoms with Gasteiger partial charge >= 0.3 is 5.97 Å². The predicted octanol–water partition coefficient (Wildman–Crippen LogP) is 3.27. The van der Waals surface area contributed by atoms with E-state index in [4.69, 9.17) is 4.74 Å². The molecule has 3 nitrogen and oxygen atoms in total. The van der Waals surface area contributed by atoms with Crippen LogP contribution in [0.4, 0.5) is 14.5 Å². The lowest BCUT2D eigenvalue weighted by Crippen LogP contribution is -2.31. The zero-order chi connectivity index (χ0) is 14.6. The molecule has 2 atom stereocenters. The molecular formula is C14H19F2NO2. The number of anilines is 1. The minimum Gasteiger partial charge on any atom is -0.466 e. The Bertz CT molecular complexity index is 440. The van der Waals surface area contributed by atoms with Gasteiger partial charge in [0.15, 0.2) is 0 Å². The van der Waals surface area contributed by atoms with Gasteiger partial charge in [-0.25, -0.2) is 8.78 Å². The molecule has 0 aromatic heterocycles. The van der Waals surface area contributed by atoms with Crippen molar-refractivity contribution in [2.45, 2.75) is 33.7 Å². The predicted molar refractivity (Wildman–Crippen MR) is 70.0 cm³/mol. The van der Waals surface area contributed by atoms with Crippen LogP contribution in [0, 0.1) is 24.5 Å². The van der Waals surface area contributed by atoms with Crippen LogP contribution in [0.2, 0.25) is 0 Å². The van der Waals surface area contributed by atoms with E-state index in [1.165, 1.54) is 6.07 Å². The van der Waals surface area contributed by atoms with E-state index in [1.54, 1.807) is 27.7 Å². The van der Waals surface area contributed by atoms with Crippen LogP contribution in [0.15, 0.2) is 12.1 Å². The van der Waals surface area contributed by atoms with Crippen molar-refractivity contribution in [3.63, 3.8) is 0 Å². The third kappa shape index (κ3) is 3.91. The highest BCUT2D eigenvalue weighted by Gasteiger charge is 2.22. The molecule has 0 spiro atoms. The number of hydrogen-bond donors (Lipinski definition) is 1. The zero-order valence-corrected chi connectivity index (χ0v) is 11.6. The molecule has 0 radical (unpaired) electrons. The maximum atomic E-state index is 13.7. The average molecular weight is 271 g/mol. The molecule has 0 saturated carbocycles. The van der Waals surface area contributed by atoms with Crippen molar-refractivity contribution in [2.75, 3.05) is 11.9 Å². The number of carbonyl (C=O) groups is 1. The quantitative estimate of drug-likeness (QED) is 0.835. The highest BCUT2D eigenvalue weighted by atomic mass is 19.1. The van der Waals surface area contributed by atoms with Crippen molar-refractivity contribution in [2.24, 2.45) is 5.92 Å². The summed E-state index contributed by atoms with van der Waals surface area (Å²) in [6.45, 7) is 7.10. The third-order valence-corrected chi connectivity index (χ3v) is 3.03. The first-order chi connectivity index (χ1) is 8.86. The van der Waals surface area contributed by atoms with Crippen LogP contribution < -0.4 is 5.32 Å². The maximum Gasteiger partial charge on any atom is 0.310 e. The number of esters is 1. The van der Waals surface area contributed by atoms with Crippen LogP contribution in [-0.4, -0.2) is 18.6 Å². The largest absolute Gasteiger partial charge is 0.466 e. The fourth-order valence-electron chi connectivity index (χ4n) is 1.72. The minimum atomic E-state index is -0.666. The molecule has 0 fully saturated rings. The number of carbonyl (C=O) groups excluding carboxylic acids is 1. The van der Waals surface area contributed by atoms with Gasteiger partial charge < -0.3 is 10.1 Å². The number of aryl methyl sites for hydroxylation is 1. The van der Waals surface area contributed by atoms with Crippen molar-refractivity contribution in [3.05, 3.63) is 29.3 Å². The molecular weight excluding hydrogens is 252 g/mol. The average Bonchev–Trinajstić information content (AvgIpc) is 2.32. The van der Waals surface area contributed by atoms with Gasteiger partial charge in [0.2, 0.25) is 0 Å². The van der Waals surface area contributed by atoms with Gasteiger partial charge in [-0.3, -0.25) is 4.79 Å². The lowest BCUT2D eigenvalue weighted by molar-refractivity contribution is -0.147. The molecule has 1 aromatic rings. The maximum absolute atomic E-state index is 13.7. The van der Waals surface area contributed by atoms with Crippen LogP contribution in [0.25, 0.3) is 0 Å². The summed E-state index contributed by atoms with van der Waals surface area (Å²) in [6, 6.07) is 1.74. The molecule has 1 N–H and O–H groups in total. The first kappa shape index (κ1) is 15.4. The first-order valence-corrected chi connectivity index (χ1v) is 6.25. The molecule has 0 aliphatic rings. The minimum absolute atomic E-state index is 0.213. The van der Waals surface area contributed by atoms with Crippen LogP contribution in [0.1, 0.15) is 26.3 Å². The van der Waals surface area contributed by atoms with Crippen molar-refractivity contribution in [1.29, 1.82) is 0 Å². The van der Waals surface area contributed by atoms with Crippen LogP contribution in [-0.2, 0) is 9.53 Å². The summed E-state index contributed by atoms with van der Waals surface area (Å²) in [5, 5.41) is 2.90. The first-order valence-electron chi connectivity index (χ1n) is 6.25. The molecule has 0 saturated heterocycles. The second-order valence-corrected chi connectivity index (χ2v) is 4.55. The second-order valence-electron chi connectivity index (χ2n) is 4.55. The van der Waals surface area contributed by atoms with E-state index in [2.05, 4.69) is 5.32 Å². The van der Waals surface area contributed by atoms with Crippen LogP contribution >= 0.6 is 0 Å². The number of rotatable bonds is 5. The van der Waals surface area contributed by atoms with Crippen molar-refractivity contribution >= 4 is 11.7 Å². The molecule has 0 heterocycles. The molecule has 5 heteroatoms. The van der Waals surface area contributed by atoms with E-state index in [0.717, 1.165) is 6.07 Å². The Kier molecular flexibility index (Phi) is 5.27. The summed E-state index contributed by atoms with van der Waals surface area (Å²) >= 11 is 0. The fraction of sp³-hybridized carbons (Fsp3) is 0.500. The van der Waals surface area contributed by atoms with Gasteiger partial charge in [-0.1, -0.05) is 0 Å². The highest BCUT2D eigenvalue weighted by molar-refractivity contribution is 5.73. The van der Waals surface area contributed by atoms with Gasteiger partial charge in [0.1, 0.15) is 11.6 Å². The molecule has 0 bridgehead atoms. The van der Waals surface area contributed by atoms with E-state index >= 15 is 0 Å². The second kappa shape index (κ2) is 6.50. The molecule has 0 aliphatic heterocycles. The van der Waals surface area contributed by atoms with E-state index in [1.807, 2.05) is 0 Å². The lowest BCUT2D eigenvalue weighted by atomic mass is 10.0. The van der Waals surface area contributed by atoms with Gasteiger partial charge in [0, 0.05) is 12.1 Å². The van der Waals surface area contributed by atoms with Crippen LogP contribution in [0.5, 0.6) is 0 Å². The molecule has 19 heavy (non-hydrogen) atoms. The number of benzene rings is 1. The van der Waals surface area contributed by atoms with E-state index < -0.39 is 17.6 Å². The number of ether oxygens (including phenoxy) is 1. The Morgan fingerprint density at radius 1 is 1.37 bits per heavy atom. The normalized spacial score (nSPS) is 13.8. The Morgan fingerprint density at radius 3 is 2.53 bits per heavy atom. The van der Waals surface area contributed by atoms with E-state index in [9.17, 15) is 13.6 Å². The van der Waals surface area contributed by atoms with Crippen molar-refractivity contribution in [1.82, 2.24) is 0 Å². The number of hydrogen-bond acceptors (Lipinski definition) is 3. The summed E-state index contributed by atoms with van der Waals surface area (Å²) in [5.74, 6) is -2.06. The summed E-state index contributed by atoms with van der Waals surface area (Å²) in [7, 11) is 0. The Labute approximate surface area is 112 Å². The Morgan fingerprint density at radius 2 is 2.00 bits per heavy atom. The highest BCUT2D eigenvalue weighted by Crippen LogP contribution is 2.23. The Hall–Kier alpha value is -1.65.